The van der Waals surface area contributed by atoms with Gasteiger partial charge < -0.3 is 9.84 Å². The van der Waals surface area contributed by atoms with Gasteiger partial charge in [-0.2, -0.15) is 0 Å². The first kappa shape index (κ1) is 17.8. The molecule has 4 rings (SSSR count). The van der Waals surface area contributed by atoms with Crippen LogP contribution in [-0.2, 0) is 9.53 Å². The molecule has 4 aliphatic carbocycles. The molecule has 0 saturated heterocycles. The molecular formula is C22H36O3. The summed E-state index contributed by atoms with van der Waals surface area (Å²) in [4.78, 5) is 12.9. The minimum atomic E-state index is -0.317. The van der Waals surface area contributed by atoms with E-state index in [0.717, 1.165) is 32.1 Å². The minimum Gasteiger partial charge on any atom is -0.466 e. The highest BCUT2D eigenvalue weighted by Crippen LogP contribution is 2.73. The molecule has 0 unspecified atom stereocenters. The molecule has 0 radical (unpaired) electrons. The second-order valence-electron chi connectivity index (χ2n) is 10.6. The van der Waals surface area contributed by atoms with E-state index < -0.39 is 0 Å². The van der Waals surface area contributed by atoms with Crippen molar-refractivity contribution in [2.45, 2.75) is 91.6 Å². The van der Waals surface area contributed by atoms with Crippen molar-refractivity contribution in [1.29, 1.82) is 0 Å². The van der Waals surface area contributed by atoms with Crippen LogP contribution in [0.25, 0.3) is 0 Å². The summed E-state index contributed by atoms with van der Waals surface area (Å²) in [6, 6.07) is 0. The normalized spacial score (nSPS) is 54.5. The largest absolute Gasteiger partial charge is 0.466 e. The van der Waals surface area contributed by atoms with Gasteiger partial charge in [-0.3, -0.25) is 4.79 Å². The summed E-state index contributed by atoms with van der Waals surface area (Å²) < 4.78 is 5.53. The van der Waals surface area contributed by atoms with E-state index in [1.54, 1.807) is 0 Å². The van der Waals surface area contributed by atoms with Crippen molar-refractivity contribution in [2.24, 2.45) is 33.5 Å². The number of rotatable bonds is 2. The molecule has 3 nitrogen and oxygen atoms in total. The number of esters is 1. The molecule has 25 heavy (non-hydrogen) atoms. The Hall–Kier alpha value is -0.570. The molecule has 0 aliphatic heterocycles. The Morgan fingerprint density at radius 2 is 1.80 bits per heavy atom. The average Bonchev–Trinajstić information content (AvgIpc) is 2.72. The van der Waals surface area contributed by atoms with Crippen LogP contribution in [-0.4, -0.2) is 23.8 Å². The van der Waals surface area contributed by atoms with Gasteiger partial charge >= 0.3 is 5.97 Å². The fourth-order valence-electron chi connectivity index (χ4n) is 8.27. The van der Waals surface area contributed by atoms with Gasteiger partial charge in [0.25, 0.3) is 0 Å². The molecule has 142 valence electrons. The van der Waals surface area contributed by atoms with E-state index in [1.807, 2.05) is 6.92 Å². The third kappa shape index (κ3) is 2.23. The Balaban J connectivity index is 1.69. The van der Waals surface area contributed by atoms with E-state index in [-0.39, 0.29) is 28.3 Å². The van der Waals surface area contributed by atoms with Crippen molar-refractivity contribution >= 4 is 5.97 Å². The van der Waals surface area contributed by atoms with Gasteiger partial charge in [-0.15, -0.1) is 0 Å². The molecule has 4 saturated carbocycles. The lowest BCUT2D eigenvalue weighted by Crippen LogP contribution is -2.58. The zero-order chi connectivity index (χ0) is 18.1. The molecule has 0 aromatic rings. The highest BCUT2D eigenvalue weighted by Gasteiger charge is 2.68. The number of aliphatic hydroxyl groups excluding tert-OH is 1. The fraction of sp³-hybridized carbons (Fsp3) is 0.955. The maximum absolute atomic E-state index is 12.9. The summed E-state index contributed by atoms with van der Waals surface area (Å²) in [6.07, 6.45) is 10.1. The van der Waals surface area contributed by atoms with Gasteiger partial charge in [0.2, 0.25) is 0 Å². The molecule has 2 bridgehead atoms. The van der Waals surface area contributed by atoms with E-state index in [4.69, 9.17) is 4.74 Å². The number of ether oxygens (including phenoxy) is 1. The van der Waals surface area contributed by atoms with Crippen molar-refractivity contribution < 1.29 is 14.6 Å². The van der Waals surface area contributed by atoms with Crippen LogP contribution in [0, 0.1) is 33.5 Å². The SMILES string of the molecule is CCOC(=O)[C@]1(C)CCC[C@@]2(C)[C@@H]3CC[C@@]4(C)C[C@]3(CC[C@@H]21)C[C@H]4O. The second-order valence-corrected chi connectivity index (χ2v) is 10.6. The molecule has 0 amide bonds. The Morgan fingerprint density at radius 3 is 2.52 bits per heavy atom. The number of aliphatic hydroxyl groups is 1. The van der Waals surface area contributed by atoms with Crippen LogP contribution in [0.4, 0.5) is 0 Å². The van der Waals surface area contributed by atoms with E-state index >= 15 is 0 Å². The van der Waals surface area contributed by atoms with Crippen molar-refractivity contribution in [3.63, 3.8) is 0 Å². The molecule has 1 spiro atoms. The first-order valence-electron chi connectivity index (χ1n) is 10.6. The van der Waals surface area contributed by atoms with Gasteiger partial charge in [0.05, 0.1) is 18.1 Å². The lowest BCUT2D eigenvalue weighted by Gasteiger charge is -2.64. The molecule has 0 heterocycles. The van der Waals surface area contributed by atoms with Gasteiger partial charge in [-0.1, -0.05) is 20.3 Å². The summed E-state index contributed by atoms with van der Waals surface area (Å²) in [6.45, 7) is 9.37. The summed E-state index contributed by atoms with van der Waals surface area (Å²) in [5, 5.41) is 10.8. The summed E-state index contributed by atoms with van der Waals surface area (Å²) >= 11 is 0. The molecule has 3 heteroatoms. The maximum Gasteiger partial charge on any atom is 0.312 e. The highest BCUT2D eigenvalue weighted by molar-refractivity contribution is 5.77. The van der Waals surface area contributed by atoms with Gasteiger partial charge in [-0.05, 0) is 93.3 Å². The third-order valence-corrected chi connectivity index (χ3v) is 9.35. The number of carbonyl (C=O) groups excluding carboxylic acids is 1. The minimum absolute atomic E-state index is 0.0361. The molecule has 0 aromatic heterocycles. The van der Waals surface area contributed by atoms with Crippen LogP contribution in [0.3, 0.4) is 0 Å². The Morgan fingerprint density at radius 1 is 1.08 bits per heavy atom. The van der Waals surface area contributed by atoms with Crippen molar-refractivity contribution in [3.05, 3.63) is 0 Å². The molecule has 7 atom stereocenters. The third-order valence-electron chi connectivity index (χ3n) is 9.35. The predicted octanol–water partition coefficient (Wildman–Crippen LogP) is 4.71. The second kappa shape index (κ2) is 5.47. The fourth-order valence-corrected chi connectivity index (χ4v) is 8.27. The Kier molecular flexibility index (Phi) is 3.90. The highest BCUT2D eigenvalue weighted by atomic mass is 16.5. The van der Waals surface area contributed by atoms with Crippen molar-refractivity contribution in [3.8, 4) is 0 Å². The van der Waals surface area contributed by atoms with Crippen LogP contribution in [0.1, 0.15) is 85.5 Å². The molecule has 0 aromatic carbocycles. The molecule has 4 fully saturated rings. The van der Waals surface area contributed by atoms with E-state index in [2.05, 4.69) is 20.8 Å². The first-order chi connectivity index (χ1) is 11.7. The quantitative estimate of drug-likeness (QED) is 0.735. The van der Waals surface area contributed by atoms with E-state index in [1.165, 1.54) is 25.7 Å². The van der Waals surface area contributed by atoms with Crippen molar-refractivity contribution in [2.75, 3.05) is 6.61 Å². The Bertz CT molecular complexity index is 574. The zero-order valence-corrected chi connectivity index (χ0v) is 16.6. The smallest absolute Gasteiger partial charge is 0.312 e. The van der Waals surface area contributed by atoms with Gasteiger partial charge in [-0.25, -0.2) is 0 Å². The van der Waals surface area contributed by atoms with Crippen LogP contribution >= 0.6 is 0 Å². The first-order valence-corrected chi connectivity index (χ1v) is 10.6. The average molecular weight is 349 g/mol. The molecular weight excluding hydrogens is 312 g/mol. The summed E-state index contributed by atoms with van der Waals surface area (Å²) in [5.41, 5.74) is 0.370. The standard InChI is InChI=1S/C22H36O3/c1-5-25-18(24)21(4)10-6-9-20(3)15(21)8-12-22-13-17(23)19(2,14-22)11-7-16(20)22/h15-17,23H,5-14H2,1-4H3/t15-,16-,17+,19-,20+,21+,22-/m0/s1. The molecule has 1 N–H and O–H groups in total. The Labute approximate surface area is 152 Å². The van der Waals surface area contributed by atoms with Crippen LogP contribution in [0.2, 0.25) is 0 Å². The van der Waals surface area contributed by atoms with Crippen molar-refractivity contribution in [1.82, 2.24) is 0 Å². The van der Waals surface area contributed by atoms with Crippen LogP contribution in [0.5, 0.6) is 0 Å². The van der Waals surface area contributed by atoms with Gasteiger partial charge in [0, 0.05) is 0 Å². The topological polar surface area (TPSA) is 46.5 Å². The van der Waals surface area contributed by atoms with Gasteiger partial charge in [0.1, 0.15) is 0 Å². The lowest BCUT2D eigenvalue weighted by atomic mass is 9.40. The van der Waals surface area contributed by atoms with Crippen LogP contribution < -0.4 is 0 Å². The summed E-state index contributed by atoms with van der Waals surface area (Å²) in [5.74, 6) is 1.14. The van der Waals surface area contributed by atoms with E-state index in [0.29, 0.717) is 23.9 Å². The molecule has 4 aliphatic rings. The zero-order valence-electron chi connectivity index (χ0n) is 16.6. The predicted molar refractivity (Wildman–Crippen MR) is 97.9 cm³/mol. The summed E-state index contributed by atoms with van der Waals surface area (Å²) in [7, 11) is 0. The monoisotopic (exact) mass is 348 g/mol. The van der Waals surface area contributed by atoms with E-state index in [9.17, 15) is 9.90 Å². The number of hydrogen-bond acceptors (Lipinski definition) is 3. The lowest BCUT2D eigenvalue weighted by molar-refractivity contribution is -0.187. The van der Waals surface area contributed by atoms with Crippen LogP contribution in [0.15, 0.2) is 0 Å². The number of hydrogen-bond donors (Lipinski definition) is 1. The number of carbonyl (C=O) groups is 1. The number of fused-ring (bicyclic) bond motifs is 3. The maximum atomic E-state index is 12.9. The van der Waals surface area contributed by atoms with Gasteiger partial charge in [0.15, 0.2) is 0 Å².